The number of phenolic OH excluding ortho intramolecular Hbond substituents is 1. The second kappa shape index (κ2) is 10.9. The molecule has 10 nitrogen and oxygen atoms in total. The molecular formula is C34H25ClF3N3O7. The first kappa shape index (κ1) is 31.4. The molecule has 14 heteroatoms. The molecule has 246 valence electrons. The number of fused-ring (bicyclic) bond motifs is 4. The van der Waals surface area contributed by atoms with E-state index >= 15 is 4.79 Å². The topological polar surface area (TPSA) is 147 Å². The van der Waals surface area contributed by atoms with Gasteiger partial charge in [-0.15, -0.1) is 13.2 Å². The summed E-state index contributed by atoms with van der Waals surface area (Å²) in [6.45, 7) is 0. The summed E-state index contributed by atoms with van der Waals surface area (Å²) in [5.41, 5.74) is 4.18. The third kappa shape index (κ3) is 4.51. The molecule has 3 fully saturated rings. The zero-order chi connectivity index (χ0) is 34.3. The van der Waals surface area contributed by atoms with E-state index in [1.807, 2.05) is 0 Å². The van der Waals surface area contributed by atoms with Gasteiger partial charge in [0.25, 0.3) is 0 Å². The summed E-state index contributed by atoms with van der Waals surface area (Å²) < 4.78 is 44.5. The highest BCUT2D eigenvalue weighted by Crippen LogP contribution is 2.65. The number of allylic oxidation sites excluding steroid dienone is 2. The molecule has 0 bridgehead atoms. The van der Waals surface area contributed by atoms with Crippen LogP contribution in [0.3, 0.4) is 0 Å². The normalized spacial score (nSPS) is 28.2. The van der Waals surface area contributed by atoms with Gasteiger partial charge in [0.15, 0.2) is 0 Å². The number of halogens is 4. The minimum absolute atomic E-state index is 0.0729. The van der Waals surface area contributed by atoms with Gasteiger partial charge in [0.1, 0.15) is 11.5 Å². The lowest BCUT2D eigenvalue weighted by molar-refractivity contribution is -0.274. The van der Waals surface area contributed by atoms with Gasteiger partial charge in [0.05, 0.1) is 28.9 Å². The number of carbonyl (C=O) groups excluding carboxylic acids is 5. The molecule has 6 amide bonds. The van der Waals surface area contributed by atoms with Gasteiger partial charge < -0.3 is 15.6 Å². The highest BCUT2D eigenvalue weighted by atomic mass is 35.5. The number of imide groups is 4. The lowest BCUT2D eigenvalue weighted by Crippen LogP contribution is -2.53. The maximum atomic E-state index is 15.1. The molecule has 1 saturated carbocycles. The van der Waals surface area contributed by atoms with Gasteiger partial charge in [-0.2, -0.15) is 4.90 Å². The van der Waals surface area contributed by atoms with Crippen LogP contribution < -0.4 is 15.4 Å². The van der Waals surface area contributed by atoms with E-state index in [1.165, 1.54) is 12.1 Å². The summed E-state index contributed by atoms with van der Waals surface area (Å²) >= 11 is 6.26. The molecule has 0 radical (unpaired) electrons. The summed E-state index contributed by atoms with van der Waals surface area (Å²) in [5, 5.41) is 11.6. The van der Waals surface area contributed by atoms with Crippen LogP contribution in [0.15, 0.2) is 84.4 Å². The van der Waals surface area contributed by atoms with Crippen molar-refractivity contribution in [2.45, 2.75) is 30.5 Å². The second-order valence-corrected chi connectivity index (χ2v) is 12.6. The number of hydrogen-bond donors (Lipinski definition) is 2. The van der Waals surface area contributed by atoms with Gasteiger partial charge in [-0.3, -0.25) is 19.2 Å². The molecule has 2 heterocycles. The number of aromatic hydroxyl groups is 1. The van der Waals surface area contributed by atoms with Gasteiger partial charge in [0, 0.05) is 16.5 Å². The monoisotopic (exact) mass is 679 g/mol. The van der Waals surface area contributed by atoms with Crippen LogP contribution >= 0.6 is 11.6 Å². The van der Waals surface area contributed by atoms with E-state index in [9.17, 15) is 37.5 Å². The highest BCUT2D eigenvalue weighted by Gasteiger charge is 2.70. The maximum Gasteiger partial charge on any atom is 0.573 e. The summed E-state index contributed by atoms with van der Waals surface area (Å²) in [6.07, 6.45) is -3.71. The number of likely N-dealkylation sites (tertiary alicyclic amines) is 1. The minimum atomic E-state index is -5.10. The largest absolute Gasteiger partial charge is 0.573 e. The van der Waals surface area contributed by atoms with E-state index < -0.39 is 82.5 Å². The molecule has 0 unspecified atom stereocenters. The Kier molecular flexibility index (Phi) is 7.17. The summed E-state index contributed by atoms with van der Waals surface area (Å²) in [7, 11) is 0. The van der Waals surface area contributed by atoms with E-state index in [2.05, 4.69) is 4.74 Å². The van der Waals surface area contributed by atoms with E-state index in [0.717, 1.165) is 23.1 Å². The Labute approximate surface area is 275 Å². The fourth-order valence-corrected chi connectivity index (χ4v) is 8.45. The number of nitrogens with zero attached hydrogens (tertiary/aromatic N) is 2. The Morgan fingerprint density at radius 1 is 0.938 bits per heavy atom. The Balaban J connectivity index is 1.52. The minimum Gasteiger partial charge on any atom is -0.508 e. The van der Waals surface area contributed by atoms with Crippen molar-refractivity contribution >= 4 is 46.9 Å². The number of hydrogen-bond acceptors (Lipinski definition) is 7. The number of primary amides is 1. The fourth-order valence-electron chi connectivity index (χ4n) is 8.27. The molecule has 6 atom stereocenters. The molecule has 48 heavy (non-hydrogen) atoms. The first-order valence-electron chi connectivity index (χ1n) is 14.9. The summed E-state index contributed by atoms with van der Waals surface area (Å²) in [5.74, 6) is -9.99. The molecule has 3 aromatic carbocycles. The Hall–Kier alpha value is -5.17. The van der Waals surface area contributed by atoms with Crippen LogP contribution in [0.2, 0.25) is 5.02 Å². The number of urea groups is 1. The predicted octanol–water partition coefficient (Wildman–Crippen LogP) is 5.19. The molecule has 0 aromatic heterocycles. The summed E-state index contributed by atoms with van der Waals surface area (Å²) in [4.78, 5) is 70.1. The van der Waals surface area contributed by atoms with Gasteiger partial charge >= 0.3 is 12.4 Å². The Morgan fingerprint density at radius 2 is 1.67 bits per heavy atom. The second-order valence-electron chi connectivity index (χ2n) is 12.2. The number of rotatable bonds is 4. The molecule has 4 aliphatic rings. The van der Waals surface area contributed by atoms with Crippen molar-refractivity contribution in [3.8, 4) is 11.5 Å². The van der Waals surface area contributed by atoms with Crippen molar-refractivity contribution in [1.29, 1.82) is 0 Å². The van der Waals surface area contributed by atoms with Gasteiger partial charge in [0.2, 0.25) is 23.6 Å². The Bertz CT molecular complexity index is 1950. The molecule has 7 rings (SSSR count). The van der Waals surface area contributed by atoms with Crippen molar-refractivity contribution in [3.05, 3.63) is 101 Å². The maximum absolute atomic E-state index is 15.1. The number of nitrogens with two attached hydrogens (primary N) is 1. The van der Waals surface area contributed by atoms with Crippen molar-refractivity contribution in [3.63, 3.8) is 0 Å². The standard InChI is InChI=1S/C34H25ClF3N3O7/c35-17-7-4-8-18(13-17)40-29(44)24-15-22-20(10-11-21-26(22)30(45)41(28(21)43)32(39)47)27(33(24,31(40)46)16-5-2-1-3-6-16)23-14-19(9-12-25(23)42)48-34(36,37)38/h1-10,12-14,21-22,24,26-27,42H,11,15H2,(H2,39,47)/t21-,22+,24-,26-,27+,33+/m0/s1. The van der Waals surface area contributed by atoms with Crippen LogP contribution in [0.5, 0.6) is 11.5 Å². The molecule has 2 saturated heterocycles. The first-order valence-corrected chi connectivity index (χ1v) is 15.3. The molecule has 0 spiro atoms. The number of ether oxygens (including phenoxy) is 1. The molecule has 2 aliphatic heterocycles. The van der Waals surface area contributed by atoms with Crippen molar-refractivity contribution in [1.82, 2.24) is 4.90 Å². The van der Waals surface area contributed by atoms with Crippen LogP contribution in [0.4, 0.5) is 23.7 Å². The van der Waals surface area contributed by atoms with Gasteiger partial charge in [-0.1, -0.05) is 59.6 Å². The number of benzene rings is 3. The Morgan fingerprint density at radius 3 is 2.33 bits per heavy atom. The molecule has 2 aliphatic carbocycles. The highest BCUT2D eigenvalue weighted by molar-refractivity contribution is 6.32. The molecule has 3 N–H and O–H groups in total. The SMILES string of the molecule is NC(=O)N1C(=O)[C@H]2[C@H](CC=C3[C@H]2C[C@H]2C(=O)N(c4cccc(Cl)c4)C(=O)[C@@]2(c2ccccc2)[C@H]3c2cc(OC(F)(F)F)ccc2O)C1=O. The smallest absolute Gasteiger partial charge is 0.508 e. The number of alkyl halides is 3. The number of amides is 6. The van der Waals surface area contributed by atoms with Gasteiger partial charge in [-0.25, -0.2) is 9.69 Å². The molecular weight excluding hydrogens is 655 g/mol. The van der Waals surface area contributed by atoms with Crippen LogP contribution in [-0.2, 0) is 24.6 Å². The van der Waals surface area contributed by atoms with Crippen LogP contribution in [0, 0.1) is 23.7 Å². The lowest BCUT2D eigenvalue weighted by atomic mass is 9.49. The summed E-state index contributed by atoms with van der Waals surface area (Å²) in [6, 6.07) is 15.8. The number of carbonyl (C=O) groups is 5. The number of phenols is 1. The van der Waals surface area contributed by atoms with Gasteiger partial charge in [-0.05, 0) is 60.7 Å². The quantitative estimate of drug-likeness (QED) is 0.285. The predicted molar refractivity (Wildman–Crippen MR) is 162 cm³/mol. The van der Waals surface area contributed by atoms with Crippen LogP contribution in [0.1, 0.15) is 29.9 Å². The van der Waals surface area contributed by atoms with E-state index in [0.29, 0.717) is 16.0 Å². The molecule has 3 aromatic rings. The average Bonchev–Trinajstić information content (AvgIpc) is 3.42. The fraction of sp³-hybridized carbons (Fsp3) is 0.265. The first-order chi connectivity index (χ1) is 22.8. The number of anilines is 1. The zero-order valence-electron chi connectivity index (χ0n) is 24.7. The van der Waals surface area contributed by atoms with E-state index in [4.69, 9.17) is 17.3 Å². The van der Waals surface area contributed by atoms with Crippen LogP contribution in [-0.4, -0.2) is 46.0 Å². The van der Waals surface area contributed by atoms with Crippen molar-refractivity contribution in [2.75, 3.05) is 4.90 Å². The lowest BCUT2D eigenvalue weighted by Gasteiger charge is -2.50. The van der Waals surface area contributed by atoms with E-state index in [-0.39, 0.29) is 29.1 Å². The third-order valence-corrected chi connectivity index (χ3v) is 10.2. The average molecular weight is 680 g/mol. The zero-order valence-corrected chi connectivity index (χ0v) is 25.4. The third-order valence-electron chi connectivity index (χ3n) is 9.93. The van der Waals surface area contributed by atoms with E-state index in [1.54, 1.807) is 48.5 Å². The van der Waals surface area contributed by atoms with Crippen molar-refractivity contribution < 1.29 is 47.0 Å². The van der Waals surface area contributed by atoms with Crippen LogP contribution in [0.25, 0.3) is 0 Å². The van der Waals surface area contributed by atoms with Crippen molar-refractivity contribution in [2.24, 2.45) is 29.4 Å².